The van der Waals surface area contributed by atoms with E-state index >= 15 is 0 Å². The lowest BCUT2D eigenvalue weighted by atomic mass is 10.2. The number of pyridine rings is 1. The van der Waals surface area contributed by atoms with E-state index < -0.39 is 0 Å². The minimum absolute atomic E-state index is 0.584. The van der Waals surface area contributed by atoms with Crippen LogP contribution in [0.3, 0.4) is 0 Å². The summed E-state index contributed by atoms with van der Waals surface area (Å²) in [6.07, 6.45) is 3.59. The number of aromatic nitrogens is 3. The maximum absolute atomic E-state index is 5.81. The quantitative estimate of drug-likeness (QED) is 0.565. The van der Waals surface area contributed by atoms with Gasteiger partial charge in [-0.1, -0.05) is 36.4 Å². The van der Waals surface area contributed by atoms with Crippen LogP contribution in [0.2, 0.25) is 0 Å². The normalized spacial score (nSPS) is 10.8. The number of rotatable bonds is 4. The molecule has 0 atom stereocenters. The van der Waals surface area contributed by atoms with Crippen molar-refractivity contribution in [2.45, 2.75) is 6.54 Å². The zero-order valence-corrected chi connectivity index (χ0v) is 12.5. The Morgan fingerprint density at radius 1 is 0.913 bits per heavy atom. The van der Waals surface area contributed by atoms with Crippen molar-refractivity contribution in [3.63, 3.8) is 0 Å². The van der Waals surface area contributed by atoms with E-state index in [9.17, 15) is 0 Å². The van der Waals surface area contributed by atoms with Gasteiger partial charge >= 0.3 is 0 Å². The monoisotopic (exact) mass is 301 g/mol. The first-order chi connectivity index (χ1) is 11.4. The number of hydrogen-bond donors (Lipinski definition) is 0. The molecule has 2 aromatic heterocycles. The fourth-order valence-corrected chi connectivity index (χ4v) is 2.52. The van der Waals surface area contributed by atoms with Gasteiger partial charge in [0.05, 0.1) is 18.3 Å². The van der Waals surface area contributed by atoms with Gasteiger partial charge in [-0.05, 0) is 23.8 Å². The Kier molecular flexibility index (Phi) is 3.48. The van der Waals surface area contributed by atoms with E-state index in [0.717, 1.165) is 23.2 Å². The van der Waals surface area contributed by atoms with Crippen LogP contribution >= 0.6 is 0 Å². The SMILES string of the molecule is c1ccc(Cn2ncc3ccc(Oc4ccccn4)cc32)cc1. The average molecular weight is 301 g/mol. The Bertz CT molecular complexity index is 917. The van der Waals surface area contributed by atoms with Crippen LogP contribution in [-0.4, -0.2) is 14.8 Å². The molecule has 0 saturated heterocycles. The summed E-state index contributed by atoms with van der Waals surface area (Å²) >= 11 is 0. The third-order valence-corrected chi connectivity index (χ3v) is 3.65. The van der Waals surface area contributed by atoms with Gasteiger partial charge < -0.3 is 4.74 Å². The van der Waals surface area contributed by atoms with Gasteiger partial charge in [0, 0.05) is 23.7 Å². The lowest BCUT2D eigenvalue weighted by Gasteiger charge is -2.07. The van der Waals surface area contributed by atoms with E-state index in [2.05, 4.69) is 22.2 Å². The summed E-state index contributed by atoms with van der Waals surface area (Å²) in [5.41, 5.74) is 2.26. The highest BCUT2D eigenvalue weighted by molar-refractivity contribution is 5.80. The molecule has 4 aromatic rings. The van der Waals surface area contributed by atoms with Crippen molar-refractivity contribution in [2.75, 3.05) is 0 Å². The van der Waals surface area contributed by atoms with Crippen LogP contribution in [-0.2, 0) is 6.54 Å². The van der Waals surface area contributed by atoms with Gasteiger partial charge in [0.25, 0.3) is 0 Å². The van der Waals surface area contributed by atoms with Crippen molar-refractivity contribution in [1.29, 1.82) is 0 Å². The summed E-state index contributed by atoms with van der Waals surface area (Å²) in [7, 11) is 0. The molecular weight excluding hydrogens is 286 g/mol. The predicted molar refractivity (Wildman–Crippen MR) is 89.6 cm³/mol. The van der Waals surface area contributed by atoms with E-state index in [1.165, 1.54) is 5.56 Å². The zero-order valence-electron chi connectivity index (χ0n) is 12.5. The van der Waals surface area contributed by atoms with Crippen molar-refractivity contribution in [1.82, 2.24) is 14.8 Å². The van der Waals surface area contributed by atoms with Crippen molar-refractivity contribution in [3.8, 4) is 11.6 Å². The zero-order chi connectivity index (χ0) is 15.5. The Hall–Kier alpha value is -3.14. The lowest BCUT2D eigenvalue weighted by Crippen LogP contribution is -2.01. The smallest absolute Gasteiger partial charge is 0.219 e. The van der Waals surface area contributed by atoms with Crippen molar-refractivity contribution in [3.05, 3.63) is 84.7 Å². The molecule has 2 heterocycles. The van der Waals surface area contributed by atoms with Gasteiger partial charge in [-0.25, -0.2) is 4.98 Å². The Morgan fingerprint density at radius 3 is 2.61 bits per heavy atom. The second-order valence-electron chi connectivity index (χ2n) is 5.28. The topological polar surface area (TPSA) is 39.9 Å². The number of nitrogens with zero attached hydrogens (tertiary/aromatic N) is 3. The minimum atomic E-state index is 0.584. The van der Waals surface area contributed by atoms with Crippen LogP contribution in [0.15, 0.2) is 79.1 Å². The fraction of sp³-hybridized carbons (Fsp3) is 0.0526. The molecule has 4 heteroatoms. The summed E-state index contributed by atoms with van der Waals surface area (Å²) in [5.74, 6) is 1.34. The highest BCUT2D eigenvalue weighted by atomic mass is 16.5. The van der Waals surface area contributed by atoms with Crippen LogP contribution in [0.25, 0.3) is 10.9 Å². The molecule has 0 aliphatic heterocycles. The van der Waals surface area contributed by atoms with Crippen LogP contribution in [0.1, 0.15) is 5.56 Å². The molecule has 0 aliphatic carbocycles. The molecule has 0 saturated carbocycles. The molecule has 4 rings (SSSR count). The number of hydrogen-bond acceptors (Lipinski definition) is 3. The Labute approximate surface area is 134 Å². The number of ether oxygens (including phenoxy) is 1. The highest BCUT2D eigenvalue weighted by Gasteiger charge is 2.06. The van der Waals surface area contributed by atoms with Gasteiger partial charge in [0.15, 0.2) is 0 Å². The van der Waals surface area contributed by atoms with Crippen LogP contribution < -0.4 is 4.74 Å². The van der Waals surface area contributed by atoms with Crippen LogP contribution in [0.5, 0.6) is 11.6 Å². The largest absolute Gasteiger partial charge is 0.439 e. The molecule has 0 N–H and O–H groups in total. The molecule has 0 unspecified atom stereocenters. The summed E-state index contributed by atoms with van der Waals surface area (Å²) in [4.78, 5) is 4.19. The molecule has 2 aromatic carbocycles. The van der Waals surface area contributed by atoms with Crippen LogP contribution in [0, 0.1) is 0 Å². The van der Waals surface area contributed by atoms with Gasteiger partial charge in [0.1, 0.15) is 5.75 Å². The van der Waals surface area contributed by atoms with Crippen molar-refractivity contribution < 1.29 is 4.74 Å². The minimum Gasteiger partial charge on any atom is -0.439 e. The highest BCUT2D eigenvalue weighted by Crippen LogP contribution is 2.24. The van der Waals surface area contributed by atoms with E-state index in [4.69, 9.17) is 4.74 Å². The van der Waals surface area contributed by atoms with E-state index in [1.807, 2.05) is 65.5 Å². The first kappa shape index (κ1) is 13.5. The molecule has 0 bridgehead atoms. The molecule has 0 radical (unpaired) electrons. The van der Waals surface area contributed by atoms with Crippen molar-refractivity contribution >= 4 is 10.9 Å². The van der Waals surface area contributed by atoms with Gasteiger partial charge in [-0.2, -0.15) is 5.10 Å². The summed E-state index contributed by atoms with van der Waals surface area (Å²) < 4.78 is 7.79. The molecule has 0 fully saturated rings. The standard InChI is InChI=1S/C19H15N3O/c1-2-6-15(7-3-1)14-22-18-12-17(10-9-16(18)13-21-22)23-19-8-4-5-11-20-19/h1-13H,14H2. The second-order valence-corrected chi connectivity index (χ2v) is 5.28. The van der Waals surface area contributed by atoms with Gasteiger partial charge in [-0.15, -0.1) is 0 Å². The molecule has 112 valence electrons. The van der Waals surface area contributed by atoms with Crippen LogP contribution in [0.4, 0.5) is 0 Å². The Morgan fingerprint density at radius 2 is 1.78 bits per heavy atom. The van der Waals surface area contributed by atoms with E-state index in [1.54, 1.807) is 6.20 Å². The van der Waals surface area contributed by atoms with E-state index in [0.29, 0.717) is 5.88 Å². The molecule has 4 nitrogen and oxygen atoms in total. The summed E-state index contributed by atoms with van der Waals surface area (Å²) in [6, 6.07) is 21.9. The average Bonchev–Trinajstić information content (AvgIpc) is 2.99. The molecular formula is C19H15N3O. The molecule has 0 amide bonds. The second kappa shape index (κ2) is 5.93. The predicted octanol–water partition coefficient (Wildman–Crippen LogP) is 4.27. The maximum atomic E-state index is 5.81. The molecule has 0 spiro atoms. The first-order valence-corrected chi connectivity index (χ1v) is 7.47. The van der Waals surface area contributed by atoms with Crippen molar-refractivity contribution in [2.24, 2.45) is 0 Å². The lowest BCUT2D eigenvalue weighted by molar-refractivity contribution is 0.463. The van der Waals surface area contributed by atoms with Gasteiger partial charge in [-0.3, -0.25) is 4.68 Å². The summed E-state index contributed by atoms with van der Waals surface area (Å²) in [6.45, 7) is 0.734. The number of fused-ring (bicyclic) bond motifs is 1. The maximum Gasteiger partial charge on any atom is 0.219 e. The fourth-order valence-electron chi connectivity index (χ4n) is 2.52. The molecule has 0 aliphatic rings. The van der Waals surface area contributed by atoms with E-state index in [-0.39, 0.29) is 0 Å². The first-order valence-electron chi connectivity index (χ1n) is 7.47. The third-order valence-electron chi connectivity index (χ3n) is 3.65. The Balaban J connectivity index is 1.66. The molecule has 23 heavy (non-hydrogen) atoms. The van der Waals surface area contributed by atoms with Gasteiger partial charge in [0.2, 0.25) is 5.88 Å². The summed E-state index contributed by atoms with van der Waals surface area (Å²) in [5, 5.41) is 5.58. The number of benzene rings is 2. The third kappa shape index (κ3) is 2.92.